The van der Waals surface area contributed by atoms with Crippen LogP contribution in [0.15, 0.2) is 16.7 Å². The maximum atomic E-state index is 12.2. The van der Waals surface area contributed by atoms with E-state index in [0.717, 1.165) is 6.26 Å². The molecule has 2 N–H and O–H groups in total. The van der Waals surface area contributed by atoms with Crippen LogP contribution in [-0.4, -0.2) is 47.9 Å². The molecular formula is C12H16N2O5. The summed E-state index contributed by atoms with van der Waals surface area (Å²) in [5.41, 5.74) is -0.206. The van der Waals surface area contributed by atoms with Gasteiger partial charge in [-0.1, -0.05) is 6.92 Å². The number of carbonyl (C=O) groups is 3. The van der Waals surface area contributed by atoms with E-state index in [4.69, 9.17) is 9.52 Å². The number of nitrogens with one attached hydrogen (secondary N) is 1. The summed E-state index contributed by atoms with van der Waals surface area (Å²) in [4.78, 5) is 35.7. The molecule has 0 aliphatic heterocycles. The minimum Gasteiger partial charge on any atom is -0.478 e. The Labute approximate surface area is 110 Å². The van der Waals surface area contributed by atoms with Gasteiger partial charge in [0.25, 0.3) is 5.91 Å². The van der Waals surface area contributed by atoms with E-state index in [2.05, 4.69) is 5.32 Å². The highest BCUT2D eigenvalue weighted by molar-refractivity contribution is 6.03. The number of carboxylic acids is 1. The number of carboxylic acid groups (broad SMARTS) is 1. The molecule has 1 aromatic heterocycles. The third kappa shape index (κ3) is 3.57. The Morgan fingerprint density at radius 3 is 2.63 bits per heavy atom. The molecule has 19 heavy (non-hydrogen) atoms. The molecule has 7 nitrogen and oxygen atoms in total. The first-order valence-corrected chi connectivity index (χ1v) is 5.81. The van der Waals surface area contributed by atoms with Gasteiger partial charge in [-0.15, -0.1) is 0 Å². The first kappa shape index (κ1) is 14.7. The number of rotatable bonds is 6. The van der Waals surface area contributed by atoms with Gasteiger partial charge < -0.3 is 19.7 Å². The van der Waals surface area contributed by atoms with Crippen LogP contribution in [0.2, 0.25) is 0 Å². The molecule has 104 valence electrons. The standard InChI is InChI=1S/C12H16N2O5/c1-3-5-14(7-9(15)13-2)11(16)10-8(12(17)18)4-6-19-10/h4,6H,3,5,7H2,1-2H3,(H,13,15)(H,17,18). The van der Waals surface area contributed by atoms with E-state index < -0.39 is 11.9 Å². The normalized spacial score (nSPS) is 10.0. The van der Waals surface area contributed by atoms with Crippen LogP contribution in [0.25, 0.3) is 0 Å². The van der Waals surface area contributed by atoms with Crippen molar-refractivity contribution >= 4 is 17.8 Å². The zero-order valence-electron chi connectivity index (χ0n) is 10.8. The van der Waals surface area contributed by atoms with E-state index in [-0.39, 0.29) is 23.8 Å². The van der Waals surface area contributed by atoms with Gasteiger partial charge in [-0.05, 0) is 12.5 Å². The lowest BCUT2D eigenvalue weighted by Gasteiger charge is -2.20. The zero-order chi connectivity index (χ0) is 14.4. The molecule has 0 unspecified atom stereocenters. The van der Waals surface area contributed by atoms with E-state index >= 15 is 0 Å². The minimum atomic E-state index is -1.24. The Morgan fingerprint density at radius 1 is 1.42 bits per heavy atom. The van der Waals surface area contributed by atoms with Gasteiger partial charge in [-0.25, -0.2) is 4.79 Å². The van der Waals surface area contributed by atoms with Gasteiger partial charge in [0.15, 0.2) is 0 Å². The molecule has 0 spiro atoms. The second kappa shape index (κ2) is 6.58. The summed E-state index contributed by atoms with van der Waals surface area (Å²) in [6.07, 6.45) is 1.78. The van der Waals surface area contributed by atoms with Gasteiger partial charge in [-0.3, -0.25) is 9.59 Å². The largest absolute Gasteiger partial charge is 0.478 e. The van der Waals surface area contributed by atoms with Gasteiger partial charge in [0, 0.05) is 13.6 Å². The SMILES string of the molecule is CCCN(CC(=O)NC)C(=O)c1occc1C(=O)O. The van der Waals surface area contributed by atoms with Gasteiger partial charge in [0.2, 0.25) is 11.7 Å². The third-order valence-corrected chi connectivity index (χ3v) is 2.48. The Balaban J connectivity index is 2.95. The number of carbonyl (C=O) groups excluding carboxylic acids is 2. The average Bonchev–Trinajstić information content (AvgIpc) is 2.86. The molecule has 1 heterocycles. The molecule has 0 bridgehead atoms. The predicted molar refractivity (Wildman–Crippen MR) is 65.9 cm³/mol. The quantitative estimate of drug-likeness (QED) is 0.786. The van der Waals surface area contributed by atoms with Crippen LogP contribution in [0.5, 0.6) is 0 Å². The summed E-state index contributed by atoms with van der Waals surface area (Å²) in [7, 11) is 1.46. The van der Waals surface area contributed by atoms with Crippen LogP contribution < -0.4 is 5.32 Å². The number of hydrogen-bond donors (Lipinski definition) is 2. The van der Waals surface area contributed by atoms with Crippen molar-refractivity contribution in [3.63, 3.8) is 0 Å². The zero-order valence-corrected chi connectivity index (χ0v) is 10.8. The first-order valence-electron chi connectivity index (χ1n) is 5.81. The highest BCUT2D eigenvalue weighted by atomic mass is 16.4. The maximum Gasteiger partial charge on any atom is 0.339 e. The van der Waals surface area contributed by atoms with Crippen molar-refractivity contribution in [1.29, 1.82) is 0 Å². The molecule has 7 heteroatoms. The van der Waals surface area contributed by atoms with Gasteiger partial charge in [0.1, 0.15) is 5.56 Å². The highest BCUT2D eigenvalue weighted by Crippen LogP contribution is 2.13. The molecule has 0 aliphatic rings. The number of furan rings is 1. The molecule has 0 aliphatic carbocycles. The fourth-order valence-corrected chi connectivity index (χ4v) is 1.56. The molecular weight excluding hydrogens is 252 g/mol. The molecule has 2 amide bonds. The van der Waals surface area contributed by atoms with Crippen LogP contribution in [0.4, 0.5) is 0 Å². The van der Waals surface area contributed by atoms with Crippen molar-refractivity contribution in [1.82, 2.24) is 10.2 Å². The average molecular weight is 268 g/mol. The fourth-order valence-electron chi connectivity index (χ4n) is 1.56. The summed E-state index contributed by atoms with van der Waals surface area (Å²) < 4.78 is 4.93. The molecule has 1 rings (SSSR count). The summed E-state index contributed by atoms with van der Waals surface area (Å²) in [6, 6.07) is 1.21. The fraction of sp³-hybridized carbons (Fsp3) is 0.417. The Bertz CT molecular complexity index is 480. The van der Waals surface area contributed by atoms with E-state index in [0.29, 0.717) is 13.0 Å². The van der Waals surface area contributed by atoms with E-state index in [9.17, 15) is 14.4 Å². The predicted octanol–water partition coefficient (Wildman–Crippen LogP) is 0.576. The van der Waals surface area contributed by atoms with Crippen molar-refractivity contribution in [3.8, 4) is 0 Å². The summed E-state index contributed by atoms with van der Waals surface area (Å²) in [5.74, 6) is -2.43. The minimum absolute atomic E-state index is 0.136. The monoisotopic (exact) mass is 268 g/mol. The number of amides is 2. The lowest BCUT2D eigenvalue weighted by Crippen LogP contribution is -2.40. The lowest BCUT2D eigenvalue weighted by atomic mass is 10.2. The number of likely N-dealkylation sites (N-methyl/N-ethyl adjacent to an activating group) is 1. The van der Waals surface area contributed by atoms with E-state index in [1.807, 2.05) is 6.92 Å². The van der Waals surface area contributed by atoms with Crippen LogP contribution in [0.3, 0.4) is 0 Å². The molecule has 0 atom stereocenters. The molecule has 0 saturated heterocycles. The second-order valence-electron chi connectivity index (χ2n) is 3.87. The molecule has 0 saturated carbocycles. The number of aromatic carboxylic acids is 1. The van der Waals surface area contributed by atoms with Crippen LogP contribution in [0, 0.1) is 0 Å². The van der Waals surface area contributed by atoms with Crippen molar-refractivity contribution in [3.05, 3.63) is 23.7 Å². The van der Waals surface area contributed by atoms with Gasteiger partial charge in [-0.2, -0.15) is 0 Å². The van der Waals surface area contributed by atoms with Crippen molar-refractivity contribution in [2.45, 2.75) is 13.3 Å². The lowest BCUT2D eigenvalue weighted by molar-refractivity contribution is -0.121. The maximum absolute atomic E-state index is 12.2. The Morgan fingerprint density at radius 2 is 2.11 bits per heavy atom. The smallest absolute Gasteiger partial charge is 0.339 e. The molecule has 1 aromatic rings. The van der Waals surface area contributed by atoms with Crippen LogP contribution in [-0.2, 0) is 4.79 Å². The molecule has 0 aromatic carbocycles. The highest BCUT2D eigenvalue weighted by Gasteiger charge is 2.25. The number of hydrogen-bond acceptors (Lipinski definition) is 4. The van der Waals surface area contributed by atoms with Crippen molar-refractivity contribution < 1.29 is 23.9 Å². The summed E-state index contributed by atoms with van der Waals surface area (Å²) in [5, 5.41) is 11.3. The number of nitrogens with zero attached hydrogens (tertiary/aromatic N) is 1. The molecule has 0 fully saturated rings. The van der Waals surface area contributed by atoms with Crippen LogP contribution in [0.1, 0.15) is 34.3 Å². The summed E-state index contributed by atoms with van der Waals surface area (Å²) >= 11 is 0. The third-order valence-electron chi connectivity index (χ3n) is 2.48. The van der Waals surface area contributed by atoms with Gasteiger partial charge in [0.05, 0.1) is 12.8 Å². The van der Waals surface area contributed by atoms with Crippen molar-refractivity contribution in [2.75, 3.05) is 20.1 Å². The topological polar surface area (TPSA) is 99.9 Å². The van der Waals surface area contributed by atoms with Crippen molar-refractivity contribution in [2.24, 2.45) is 0 Å². The summed E-state index contributed by atoms with van der Waals surface area (Å²) in [6.45, 7) is 2.05. The second-order valence-corrected chi connectivity index (χ2v) is 3.87. The Hall–Kier alpha value is -2.31. The molecule has 0 radical (unpaired) electrons. The van der Waals surface area contributed by atoms with E-state index in [1.165, 1.54) is 18.0 Å². The van der Waals surface area contributed by atoms with Crippen LogP contribution >= 0.6 is 0 Å². The van der Waals surface area contributed by atoms with Gasteiger partial charge >= 0.3 is 5.97 Å². The van der Waals surface area contributed by atoms with E-state index in [1.54, 1.807) is 0 Å². The first-order chi connectivity index (χ1) is 9.01. The Kier molecular flexibility index (Phi) is 5.11.